The first-order chi connectivity index (χ1) is 15.0. The van der Waals surface area contributed by atoms with Crippen LogP contribution in [0.5, 0.6) is 11.5 Å². The predicted molar refractivity (Wildman–Crippen MR) is 116 cm³/mol. The van der Waals surface area contributed by atoms with Gasteiger partial charge in [-0.25, -0.2) is 0 Å². The molecule has 0 saturated carbocycles. The molecule has 4 rings (SSSR count). The Kier molecular flexibility index (Phi) is 5.53. The molecular weight excluding hydrogens is 394 g/mol. The number of aryl methyl sites for hydroxylation is 1. The molecule has 0 N–H and O–H groups in total. The highest BCUT2D eigenvalue weighted by atomic mass is 16.5. The van der Waals surface area contributed by atoms with Crippen molar-refractivity contribution >= 4 is 5.78 Å². The van der Waals surface area contributed by atoms with Crippen molar-refractivity contribution in [1.29, 1.82) is 0 Å². The minimum Gasteiger partial charge on any atom is -0.493 e. The number of tetrazole rings is 1. The van der Waals surface area contributed by atoms with E-state index in [4.69, 9.17) is 9.47 Å². The lowest BCUT2D eigenvalue weighted by Crippen LogP contribution is -2.14. The summed E-state index contributed by atoms with van der Waals surface area (Å²) >= 11 is 0. The van der Waals surface area contributed by atoms with E-state index in [0.29, 0.717) is 22.9 Å². The average molecular weight is 417 g/mol. The highest BCUT2D eigenvalue weighted by Crippen LogP contribution is 2.30. The third-order valence-electron chi connectivity index (χ3n) is 5.13. The second-order valence-electron chi connectivity index (χ2n) is 7.09. The summed E-state index contributed by atoms with van der Waals surface area (Å²) in [7, 11) is 3.14. The van der Waals surface area contributed by atoms with Crippen LogP contribution in [-0.2, 0) is 6.54 Å². The normalized spacial score (nSPS) is 10.8. The van der Waals surface area contributed by atoms with Crippen molar-refractivity contribution in [2.24, 2.45) is 0 Å². The Labute approximate surface area is 180 Å². The summed E-state index contributed by atoms with van der Waals surface area (Å²) in [6, 6.07) is 17.2. The molecule has 2 aromatic heterocycles. The zero-order valence-electron chi connectivity index (χ0n) is 17.9. The molecule has 0 aliphatic carbocycles. The van der Waals surface area contributed by atoms with Crippen LogP contribution in [0.2, 0.25) is 0 Å². The molecule has 0 aliphatic rings. The second-order valence-corrected chi connectivity index (χ2v) is 7.09. The Hall–Kier alpha value is -3.94. The van der Waals surface area contributed by atoms with Gasteiger partial charge in [0.2, 0.25) is 5.82 Å². The van der Waals surface area contributed by atoms with Gasteiger partial charge in [-0.05, 0) is 55.5 Å². The fraction of sp³-hybridized carbons (Fsp3) is 0.217. The van der Waals surface area contributed by atoms with E-state index >= 15 is 0 Å². The molecule has 0 radical (unpaired) electrons. The Bertz CT molecular complexity index is 1230. The highest BCUT2D eigenvalue weighted by Gasteiger charge is 2.19. The van der Waals surface area contributed by atoms with Crippen molar-refractivity contribution in [2.75, 3.05) is 14.2 Å². The van der Waals surface area contributed by atoms with Gasteiger partial charge in [-0.2, -0.15) is 4.80 Å². The number of Topliss-reactive ketones (excluding diaryl/α,β-unsaturated/α-hetero) is 1. The number of methoxy groups -OCH3 is 2. The molecule has 8 heteroatoms. The lowest BCUT2D eigenvalue weighted by molar-refractivity contribution is 0.0961. The van der Waals surface area contributed by atoms with E-state index in [2.05, 4.69) is 20.0 Å². The molecule has 2 heterocycles. The first-order valence-electron chi connectivity index (χ1n) is 9.79. The molecule has 31 heavy (non-hydrogen) atoms. The summed E-state index contributed by atoms with van der Waals surface area (Å²) in [6.07, 6.45) is 0. The molecule has 0 amide bonds. The monoisotopic (exact) mass is 417 g/mol. The number of hydrogen-bond donors (Lipinski definition) is 0. The maximum atomic E-state index is 13.0. The lowest BCUT2D eigenvalue weighted by Gasteiger charge is -2.09. The molecule has 4 aromatic rings. The van der Waals surface area contributed by atoms with Gasteiger partial charge in [0.1, 0.15) is 6.54 Å². The third-order valence-corrected chi connectivity index (χ3v) is 5.13. The largest absolute Gasteiger partial charge is 0.493 e. The van der Waals surface area contributed by atoms with Crippen LogP contribution >= 0.6 is 0 Å². The van der Waals surface area contributed by atoms with Crippen molar-refractivity contribution in [1.82, 2.24) is 24.8 Å². The van der Waals surface area contributed by atoms with Crippen LogP contribution in [0.4, 0.5) is 0 Å². The molecule has 8 nitrogen and oxygen atoms in total. The van der Waals surface area contributed by atoms with Gasteiger partial charge in [0.15, 0.2) is 17.3 Å². The highest BCUT2D eigenvalue weighted by molar-refractivity contribution is 5.97. The zero-order chi connectivity index (χ0) is 22.0. The summed E-state index contributed by atoms with van der Waals surface area (Å²) in [6.45, 7) is 3.93. The number of rotatable bonds is 7. The van der Waals surface area contributed by atoms with Gasteiger partial charge in [0.25, 0.3) is 0 Å². The van der Waals surface area contributed by atoms with E-state index in [9.17, 15) is 4.79 Å². The first kappa shape index (κ1) is 20.3. The molecule has 0 bridgehead atoms. The standard InChI is InChI=1S/C23H23N5O3/c1-15-12-19(16(2)28(15)18-8-6-5-7-9-18)20(29)14-27-25-23(24-26-27)17-10-11-21(30-3)22(13-17)31-4/h5-13H,14H2,1-4H3. The van der Waals surface area contributed by atoms with Gasteiger partial charge in [0, 0.05) is 28.2 Å². The Balaban J connectivity index is 1.57. The summed E-state index contributed by atoms with van der Waals surface area (Å²) in [5, 5.41) is 12.5. The van der Waals surface area contributed by atoms with E-state index in [1.165, 1.54) is 4.80 Å². The van der Waals surface area contributed by atoms with Crippen LogP contribution in [0.1, 0.15) is 21.7 Å². The van der Waals surface area contributed by atoms with Crippen LogP contribution in [0.3, 0.4) is 0 Å². The van der Waals surface area contributed by atoms with Gasteiger partial charge in [-0.15, -0.1) is 10.2 Å². The van der Waals surface area contributed by atoms with Crippen molar-refractivity contribution in [3.05, 3.63) is 71.5 Å². The topological polar surface area (TPSA) is 84.1 Å². The summed E-state index contributed by atoms with van der Waals surface area (Å²) in [5.41, 5.74) is 4.26. The summed E-state index contributed by atoms with van der Waals surface area (Å²) in [5.74, 6) is 1.51. The smallest absolute Gasteiger partial charge is 0.205 e. The molecule has 0 spiro atoms. The maximum absolute atomic E-state index is 13.0. The number of aromatic nitrogens is 5. The van der Waals surface area contributed by atoms with Crippen LogP contribution < -0.4 is 9.47 Å². The quantitative estimate of drug-likeness (QED) is 0.427. The van der Waals surface area contributed by atoms with Crippen molar-refractivity contribution in [3.63, 3.8) is 0 Å². The number of carbonyl (C=O) groups excluding carboxylic acids is 1. The van der Waals surface area contributed by atoms with Gasteiger partial charge < -0.3 is 14.0 Å². The Morgan fingerprint density at radius 1 is 0.968 bits per heavy atom. The SMILES string of the molecule is COc1ccc(-c2nnn(CC(=O)c3cc(C)n(-c4ccccc4)c3C)n2)cc1OC. The minimum atomic E-state index is -0.0773. The number of ketones is 1. The van der Waals surface area contributed by atoms with E-state index in [1.54, 1.807) is 26.4 Å². The van der Waals surface area contributed by atoms with E-state index < -0.39 is 0 Å². The number of carbonyl (C=O) groups is 1. The van der Waals surface area contributed by atoms with Crippen LogP contribution in [0, 0.1) is 13.8 Å². The fourth-order valence-corrected chi connectivity index (χ4v) is 3.63. The maximum Gasteiger partial charge on any atom is 0.205 e. The second kappa shape index (κ2) is 8.43. The molecule has 158 valence electrons. The van der Waals surface area contributed by atoms with Gasteiger partial charge in [-0.1, -0.05) is 18.2 Å². The molecule has 0 saturated heterocycles. The van der Waals surface area contributed by atoms with Crippen LogP contribution in [0.15, 0.2) is 54.6 Å². The van der Waals surface area contributed by atoms with Gasteiger partial charge >= 0.3 is 0 Å². The fourth-order valence-electron chi connectivity index (χ4n) is 3.63. The Morgan fingerprint density at radius 2 is 1.71 bits per heavy atom. The lowest BCUT2D eigenvalue weighted by atomic mass is 10.1. The number of benzene rings is 2. The molecule has 0 aliphatic heterocycles. The summed E-state index contributed by atoms with van der Waals surface area (Å²) in [4.78, 5) is 14.3. The third kappa shape index (κ3) is 3.92. The molecular formula is C23H23N5O3. The summed E-state index contributed by atoms with van der Waals surface area (Å²) < 4.78 is 12.6. The van der Waals surface area contributed by atoms with Crippen molar-refractivity contribution in [2.45, 2.75) is 20.4 Å². The molecule has 0 atom stereocenters. The number of nitrogens with zero attached hydrogens (tertiary/aromatic N) is 5. The average Bonchev–Trinajstić information content (AvgIpc) is 3.37. The molecule has 0 unspecified atom stereocenters. The molecule has 0 fully saturated rings. The first-order valence-corrected chi connectivity index (χ1v) is 9.79. The molecule has 2 aromatic carbocycles. The van der Waals surface area contributed by atoms with E-state index in [1.807, 2.05) is 56.3 Å². The van der Waals surface area contributed by atoms with Crippen LogP contribution in [-0.4, -0.2) is 44.8 Å². The van der Waals surface area contributed by atoms with E-state index in [0.717, 1.165) is 22.6 Å². The Morgan fingerprint density at radius 3 is 2.42 bits per heavy atom. The van der Waals surface area contributed by atoms with E-state index in [-0.39, 0.29) is 12.3 Å². The van der Waals surface area contributed by atoms with Gasteiger partial charge in [-0.3, -0.25) is 4.79 Å². The van der Waals surface area contributed by atoms with Crippen LogP contribution in [0.25, 0.3) is 17.1 Å². The van der Waals surface area contributed by atoms with Crippen molar-refractivity contribution in [3.8, 4) is 28.6 Å². The predicted octanol–water partition coefficient (Wildman–Crippen LogP) is 3.65. The zero-order valence-corrected chi connectivity index (χ0v) is 17.9. The van der Waals surface area contributed by atoms with Gasteiger partial charge in [0.05, 0.1) is 14.2 Å². The van der Waals surface area contributed by atoms with Crippen molar-refractivity contribution < 1.29 is 14.3 Å². The minimum absolute atomic E-state index is 0.000622. The number of para-hydroxylation sites is 1. The number of hydrogen-bond acceptors (Lipinski definition) is 6. The number of ether oxygens (including phenoxy) is 2.